The second-order valence-electron chi connectivity index (χ2n) is 7.06. The van der Waals surface area contributed by atoms with Crippen LogP contribution in [0.15, 0.2) is 35.5 Å². The highest BCUT2D eigenvalue weighted by molar-refractivity contribution is 8.00. The fraction of sp³-hybridized carbons (Fsp3) is 0.389. The van der Waals surface area contributed by atoms with Crippen molar-refractivity contribution in [2.75, 3.05) is 28.7 Å². The Bertz CT molecular complexity index is 1060. The second-order valence-corrected chi connectivity index (χ2v) is 10.8. The Morgan fingerprint density at radius 3 is 2.74 bits per heavy atom. The number of carboxylic acid groups (broad SMARTS) is 1. The van der Waals surface area contributed by atoms with Gasteiger partial charge in [-0.15, -0.1) is 11.8 Å². The summed E-state index contributed by atoms with van der Waals surface area (Å²) < 4.78 is 25.1. The van der Waals surface area contributed by atoms with Crippen LogP contribution in [0.5, 0.6) is 0 Å². The molecule has 0 spiro atoms. The highest BCUT2D eigenvalue weighted by Crippen LogP contribution is 2.41. The minimum absolute atomic E-state index is 0.0163. The first-order valence-electron chi connectivity index (χ1n) is 9.06. The molecule has 0 saturated carbocycles. The van der Waals surface area contributed by atoms with Crippen molar-refractivity contribution in [1.82, 2.24) is 10.2 Å². The zero-order chi connectivity index (χ0) is 22.9. The molecule has 31 heavy (non-hydrogen) atoms. The number of benzene rings is 1. The van der Waals surface area contributed by atoms with Gasteiger partial charge >= 0.3 is 5.97 Å². The quantitative estimate of drug-likeness (QED) is 0.375. The SMILES string of the molecule is CSCC1=C(C(=O)O)N2C(=O)C(NC(=O)[C@H](N)c3cccc(NS(C)(=O)=O)c3)[C@H]2SC1. The summed E-state index contributed by atoms with van der Waals surface area (Å²) in [6, 6.07) is 4.06. The smallest absolute Gasteiger partial charge is 0.352 e. The van der Waals surface area contributed by atoms with Gasteiger partial charge in [-0.1, -0.05) is 12.1 Å². The summed E-state index contributed by atoms with van der Waals surface area (Å²) in [5, 5.41) is 11.6. The van der Waals surface area contributed by atoms with Crippen LogP contribution in [0.3, 0.4) is 0 Å². The topological polar surface area (TPSA) is 159 Å². The third-order valence-electron chi connectivity index (χ3n) is 4.70. The maximum atomic E-state index is 12.7. The van der Waals surface area contributed by atoms with Crippen molar-refractivity contribution >= 4 is 57.0 Å². The van der Waals surface area contributed by atoms with Crippen LogP contribution in [0.25, 0.3) is 0 Å². The number of carbonyl (C=O) groups is 3. The van der Waals surface area contributed by atoms with E-state index in [0.29, 0.717) is 22.6 Å². The van der Waals surface area contributed by atoms with Gasteiger partial charge in [0.25, 0.3) is 5.91 Å². The number of aliphatic carboxylic acids is 1. The second kappa shape index (κ2) is 9.10. The van der Waals surface area contributed by atoms with Gasteiger partial charge in [-0.25, -0.2) is 13.2 Å². The molecule has 13 heteroatoms. The lowest BCUT2D eigenvalue weighted by Gasteiger charge is -2.49. The zero-order valence-electron chi connectivity index (χ0n) is 16.7. The van der Waals surface area contributed by atoms with Gasteiger partial charge in [0, 0.05) is 17.2 Å². The average molecular weight is 487 g/mol. The summed E-state index contributed by atoms with van der Waals surface area (Å²) in [6.45, 7) is 0. The number of hydrogen-bond acceptors (Lipinski definition) is 8. The van der Waals surface area contributed by atoms with Gasteiger partial charge in [0.15, 0.2) is 0 Å². The zero-order valence-corrected chi connectivity index (χ0v) is 19.1. The Morgan fingerprint density at radius 2 is 2.13 bits per heavy atom. The van der Waals surface area contributed by atoms with Crippen LogP contribution in [0.2, 0.25) is 0 Å². The Balaban J connectivity index is 1.72. The molecular weight excluding hydrogens is 464 g/mol. The number of β-lactam (4-membered cyclic amide) rings is 1. The van der Waals surface area contributed by atoms with Crippen molar-refractivity contribution in [2.24, 2.45) is 5.73 Å². The van der Waals surface area contributed by atoms with Gasteiger partial charge in [-0.3, -0.25) is 19.2 Å². The lowest BCUT2D eigenvalue weighted by molar-refractivity contribution is -0.150. The van der Waals surface area contributed by atoms with Crippen molar-refractivity contribution < 1.29 is 27.9 Å². The number of rotatable bonds is 8. The van der Waals surface area contributed by atoms with E-state index >= 15 is 0 Å². The van der Waals surface area contributed by atoms with Gasteiger partial charge < -0.3 is 16.2 Å². The number of nitrogens with zero attached hydrogens (tertiary/aromatic N) is 1. The molecule has 2 heterocycles. The normalized spacial score (nSPS) is 21.8. The van der Waals surface area contributed by atoms with E-state index in [4.69, 9.17) is 5.73 Å². The van der Waals surface area contributed by atoms with Crippen LogP contribution >= 0.6 is 23.5 Å². The largest absolute Gasteiger partial charge is 0.477 e. The van der Waals surface area contributed by atoms with Gasteiger partial charge in [-0.05, 0) is 29.5 Å². The van der Waals surface area contributed by atoms with E-state index in [1.807, 2.05) is 6.26 Å². The number of thioether (sulfide) groups is 2. The molecule has 10 nitrogen and oxygen atoms in total. The van der Waals surface area contributed by atoms with Crippen LogP contribution in [-0.4, -0.2) is 71.6 Å². The van der Waals surface area contributed by atoms with Crippen molar-refractivity contribution in [1.29, 1.82) is 0 Å². The number of amides is 2. The first kappa shape index (κ1) is 23.4. The molecular formula is C18H22N4O6S3. The lowest BCUT2D eigenvalue weighted by atomic mass is 10.0. The molecule has 2 aliphatic rings. The maximum absolute atomic E-state index is 12.7. The number of sulfonamides is 1. The summed E-state index contributed by atoms with van der Waals surface area (Å²) >= 11 is 2.86. The minimum Gasteiger partial charge on any atom is -0.477 e. The fourth-order valence-corrected chi connectivity index (χ4v) is 5.99. The van der Waals surface area contributed by atoms with Crippen LogP contribution in [0.1, 0.15) is 11.6 Å². The van der Waals surface area contributed by atoms with Gasteiger partial charge in [0.1, 0.15) is 23.2 Å². The van der Waals surface area contributed by atoms with E-state index in [1.165, 1.54) is 40.6 Å². The fourth-order valence-electron chi connectivity index (χ4n) is 3.37. The molecule has 1 unspecified atom stereocenters. The van der Waals surface area contributed by atoms with Gasteiger partial charge in [0.2, 0.25) is 15.9 Å². The molecule has 2 amide bonds. The number of nitrogens with two attached hydrogens (primary N) is 1. The van der Waals surface area contributed by atoms with E-state index in [9.17, 15) is 27.9 Å². The molecule has 0 radical (unpaired) electrons. The molecule has 1 fully saturated rings. The van der Waals surface area contributed by atoms with Crippen LogP contribution in [-0.2, 0) is 24.4 Å². The molecule has 0 bridgehead atoms. The highest BCUT2D eigenvalue weighted by Gasteiger charge is 2.54. The summed E-state index contributed by atoms with van der Waals surface area (Å²) in [6.07, 6.45) is 2.86. The monoisotopic (exact) mass is 486 g/mol. The number of carboxylic acids is 1. The lowest BCUT2D eigenvalue weighted by Crippen LogP contribution is -2.71. The molecule has 1 aromatic rings. The van der Waals surface area contributed by atoms with Gasteiger partial charge in [-0.2, -0.15) is 11.8 Å². The van der Waals surface area contributed by atoms with Crippen molar-refractivity contribution in [3.63, 3.8) is 0 Å². The predicted molar refractivity (Wildman–Crippen MR) is 120 cm³/mol. The number of nitrogens with one attached hydrogen (secondary N) is 2. The summed E-state index contributed by atoms with van der Waals surface area (Å²) in [5.41, 5.74) is 7.30. The van der Waals surface area contributed by atoms with Crippen molar-refractivity contribution in [3.8, 4) is 0 Å². The molecule has 0 aromatic heterocycles. The number of fused-ring (bicyclic) bond motifs is 1. The molecule has 2 aliphatic heterocycles. The van der Waals surface area contributed by atoms with Crippen LogP contribution in [0, 0.1) is 0 Å². The van der Waals surface area contributed by atoms with E-state index in [2.05, 4.69) is 10.0 Å². The number of anilines is 1. The standard InChI is InChI=1S/C18H22N4O6S3/c1-29-7-10-8-30-17-13(16(24)22(17)14(10)18(25)26)20-15(23)12(19)9-4-3-5-11(6-9)21-31(2,27)28/h3-6,12-13,17,21H,7-8,19H2,1-2H3,(H,20,23)(H,25,26)/t12-,13?,17-/m1/s1. The Labute approximate surface area is 188 Å². The third-order valence-corrected chi connectivity index (χ3v) is 7.28. The van der Waals surface area contributed by atoms with Crippen molar-refractivity contribution in [2.45, 2.75) is 17.5 Å². The molecule has 1 aromatic carbocycles. The average Bonchev–Trinajstić information content (AvgIpc) is 2.69. The molecule has 168 valence electrons. The Hall–Kier alpha value is -2.22. The van der Waals surface area contributed by atoms with E-state index in [-0.39, 0.29) is 11.4 Å². The van der Waals surface area contributed by atoms with E-state index in [1.54, 1.807) is 12.1 Å². The number of hydrogen-bond donors (Lipinski definition) is 4. The summed E-state index contributed by atoms with van der Waals surface area (Å²) in [4.78, 5) is 38.2. The molecule has 5 N–H and O–H groups in total. The van der Waals surface area contributed by atoms with Crippen molar-refractivity contribution in [3.05, 3.63) is 41.1 Å². The van der Waals surface area contributed by atoms with Crippen LogP contribution in [0.4, 0.5) is 5.69 Å². The molecule has 0 aliphatic carbocycles. The van der Waals surface area contributed by atoms with E-state index < -0.39 is 45.3 Å². The molecule has 3 rings (SSSR count). The first-order chi connectivity index (χ1) is 14.5. The van der Waals surface area contributed by atoms with Crippen LogP contribution < -0.4 is 15.8 Å². The summed E-state index contributed by atoms with van der Waals surface area (Å²) in [7, 11) is -3.49. The minimum atomic E-state index is -3.49. The molecule has 3 atom stereocenters. The summed E-state index contributed by atoms with van der Waals surface area (Å²) in [5.74, 6) is -1.33. The third kappa shape index (κ3) is 5.00. The first-order valence-corrected chi connectivity index (χ1v) is 13.4. The van der Waals surface area contributed by atoms with Gasteiger partial charge in [0.05, 0.1) is 6.26 Å². The number of carbonyl (C=O) groups excluding carboxylic acids is 2. The Kier molecular flexibility index (Phi) is 6.88. The highest BCUT2D eigenvalue weighted by atomic mass is 32.2. The Morgan fingerprint density at radius 1 is 1.42 bits per heavy atom. The van der Waals surface area contributed by atoms with E-state index in [0.717, 1.165) is 6.26 Å². The molecule has 1 saturated heterocycles. The maximum Gasteiger partial charge on any atom is 0.352 e. The predicted octanol–water partition coefficient (Wildman–Crippen LogP) is 0.160.